The molecule has 4 heteroatoms. The molecule has 0 aliphatic carbocycles. The maximum atomic E-state index is 5.58. The van der Waals surface area contributed by atoms with Crippen molar-refractivity contribution in [1.82, 2.24) is 9.97 Å². The maximum absolute atomic E-state index is 5.58. The van der Waals surface area contributed by atoms with Gasteiger partial charge in [0.05, 0.1) is 17.6 Å². The normalized spacial score (nSPS) is 10.1. The van der Waals surface area contributed by atoms with Crippen molar-refractivity contribution >= 4 is 5.69 Å². The zero-order valence-electron chi connectivity index (χ0n) is 9.27. The summed E-state index contributed by atoms with van der Waals surface area (Å²) in [6.07, 6.45) is 1.61. The molecule has 0 atom stereocenters. The summed E-state index contributed by atoms with van der Waals surface area (Å²) in [5.74, 6) is 1.19. The number of hydrogen-bond donors (Lipinski definition) is 1. The molecule has 1 aromatic carbocycles. The van der Waals surface area contributed by atoms with Crippen molar-refractivity contribution in [3.63, 3.8) is 0 Å². The average molecular weight is 215 g/mol. The van der Waals surface area contributed by atoms with Crippen LogP contribution in [0.1, 0.15) is 11.4 Å². The molecular weight excluding hydrogens is 202 g/mol. The van der Waals surface area contributed by atoms with Crippen LogP contribution in [0.5, 0.6) is 11.6 Å². The number of ether oxygens (including phenoxy) is 1. The number of aromatic nitrogens is 2. The third-order valence-corrected chi connectivity index (χ3v) is 2.27. The molecule has 4 nitrogen and oxygen atoms in total. The predicted octanol–water partition coefficient (Wildman–Crippen LogP) is 2.47. The van der Waals surface area contributed by atoms with Crippen molar-refractivity contribution in [3.8, 4) is 11.6 Å². The smallest absolute Gasteiger partial charge is 0.238 e. The van der Waals surface area contributed by atoms with E-state index in [1.54, 1.807) is 30.5 Å². The number of hydrogen-bond acceptors (Lipinski definition) is 4. The van der Waals surface area contributed by atoms with Crippen LogP contribution in [0.3, 0.4) is 0 Å². The fourth-order valence-corrected chi connectivity index (χ4v) is 1.23. The number of anilines is 1. The van der Waals surface area contributed by atoms with Gasteiger partial charge in [-0.1, -0.05) is 0 Å². The number of nitrogen functional groups attached to an aromatic ring is 1. The van der Waals surface area contributed by atoms with E-state index in [2.05, 4.69) is 9.97 Å². The fourth-order valence-electron chi connectivity index (χ4n) is 1.23. The molecule has 0 spiro atoms. The lowest BCUT2D eigenvalue weighted by Crippen LogP contribution is -1.95. The van der Waals surface area contributed by atoms with Gasteiger partial charge in [0.15, 0.2) is 0 Å². The molecule has 1 heterocycles. The number of aryl methyl sites for hydroxylation is 2. The molecule has 2 N–H and O–H groups in total. The molecule has 1 aromatic heterocycles. The van der Waals surface area contributed by atoms with E-state index in [0.29, 0.717) is 17.3 Å². The quantitative estimate of drug-likeness (QED) is 0.782. The summed E-state index contributed by atoms with van der Waals surface area (Å²) in [4.78, 5) is 8.45. The topological polar surface area (TPSA) is 61.0 Å². The molecule has 0 aliphatic heterocycles. The van der Waals surface area contributed by atoms with E-state index in [4.69, 9.17) is 10.5 Å². The highest BCUT2D eigenvalue weighted by atomic mass is 16.5. The zero-order chi connectivity index (χ0) is 11.5. The van der Waals surface area contributed by atoms with Gasteiger partial charge in [-0.15, -0.1) is 0 Å². The summed E-state index contributed by atoms with van der Waals surface area (Å²) in [6.45, 7) is 3.81. The van der Waals surface area contributed by atoms with E-state index < -0.39 is 0 Å². The highest BCUT2D eigenvalue weighted by Crippen LogP contribution is 2.20. The molecule has 0 amide bonds. The lowest BCUT2D eigenvalue weighted by molar-refractivity contribution is 0.458. The molecule has 16 heavy (non-hydrogen) atoms. The van der Waals surface area contributed by atoms with Crippen LogP contribution < -0.4 is 10.5 Å². The summed E-state index contributed by atoms with van der Waals surface area (Å²) in [5, 5.41) is 0. The molecule has 0 saturated carbocycles. The van der Waals surface area contributed by atoms with Gasteiger partial charge in [0.2, 0.25) is 5.88 Å². The van der Waals surface area contributed by atoms with Gasteiger partial charge in [-0.2, -0.15) is 0 Å². The molecule has 82 valence electrons. The Morgan fingerprint density at radius 1 is 1.06 bits per heavy atom. The minimum Gasteiger partial charge on any atom is -0.437 e. The van der Waals surface area contributed by atoms with Crippen molar-refractivity contribution in [1.29, 1.82) is 0 Å². The molecule has 0 unspecified atom stereocenters. The Hall–Kier alpha value is -2.10. The Morgan fingerprint density at radius 2 is 1.75 bits per heavy atom. The first-order valence-electron chi connectivity index (χ1n) is 4.99. The Labute approximate surface area is 94.1 Å². The molecule has 0 saturated heterocycles. The second kappa shape index (κ2) is 4.18. The lowest BCUT2D eigenvalue weighted by atomic mass is 10.3. The molecule has 0 radical (unpaired) electrons. The predicted molar refractivity (Wildman–Crippen MR) is 62.4 cm³/mol. The largest absolute Gasteiger partial charge is 0.437 e. The van der Waals surface area contributed by atoms with Crippen molar-refractivity contribution in [3.05, 3.63) is 41.9 Å². The van der Waals surface area contributed by atoms with Gasteiger partial charge in [-0.3, -0.25) is 4.98 Å². The van der Waals surface area contributed by atoms with Crippen LogP contribution in [-0.2, 0) is 0 Å². The third-order valence-electron chi connectivity index (χ3n) is 2.27. The highest BCUT2D eigenvalue weighted by molar-refractivity contribution is 5.42. The van der Waals surface area contributed by atoms with Crippen LogP contribution in [0.4, 0.5) is 5.69 Å². The molecule has 2 rings (SSSR count). The first-order chi connectivity index (χ1) is 7.65. The number of rotatable bonds is 2. The summed E-state index contributed by atoms with van der Waals surface area (Å²) in [7, 11) is 0. The van der Waals surface area contributed by atoms with E-state index in [1.807, 2.05) is 13.8 Å². The molecule has 0 bridgehead atoms. The minimum absolute atomic E-state index is 0.493. The van der Waals surface area contributed by atoms with Crippen molar-refractivity contribution in [2.75, 3.05) is 5.73 Å². The van der Waals surface area contributed by atoms with Gasteiger partial charge >= 0.3 is 0 Å². The Morgan fingerprint density at radius 3 is 2.38 bits per heavy atom. The SMILES string of the molecule is Cc1ncc(Oc2ccc(N)cc2)nc1C. The highest BCUT2D eigenvalue weighted by Gasteiger charge is 2.01. The van der Waals surface area contributed by atoms with Gasteiger partial charge in [-0.25, -0.2) is 4.98 Å². The van der Waals surface area contributed by atoms with E-state index >= 15 is 0 Å². The first-order valence-corrected chi connectivity index (χ1v) is 4.99. The minimum atomic E-state index is 0.493. The second-order valence-corrected chi connectivity index (χ2v) is 3.55. The van der Waals surface area contributed by atoms with Crippen molar-refractivity contribution in [2.45, 2.75) is 13.8 Å². The average Bonchev–Trinajstić information content (AvgIpc) is 2.27. The van der Waals surface area contributed by atoms with Crippen LogP contribution in [0, 0.1) is 13.8 Å². The van der Waals surface area contributed by atoms with Gasteiger partial charge in [-0.05, 0) is 38.1 Å². The molecule has 2 aromatic rings. The van der Waals surface area contributed by atoms with Gasteiger partial charge in [0.25, 0.3) is 0 Å². The summed E-state index contributed by atoms with van der Waals surface area (Å²) in [5.41, 5.74) is 8.06. The van der Waals surface area contributed by atoms with Crippen LogP contribution in [0.25, 0.3) is 0 Å². The monoisotopic (exact) mass is 215 g/mol. The van der Waals surface area contributed by atoms with Crippen molar-refractivity contribution in [2.24, 2.45) is 0 Å². The van der Waals surface area contributed by atoms with Crippen molar-refractivity contribution < 1.29 is 4.74 Å². The summed E-state index contributed by atoms with van der Waals surface area (Å²) in [6, 6.07) is 7.16. The Balaban J connectivity index is 2.20. The number of nitrogens with two attached hydrogens (primary N) is 1. The van der Waals surface area contributed by atoms with E-state index in [9.17, 15) is 0 Å². The Kier molecular flexibility index (Phi) is 2.72. The van der Waals surface area contributed by atoms with E-state index in [-0.39, 0.29) is 0 Å². The second-order valence-electron chi connectivity index (χ2n) is 3.55. The van der Waals surface area contributed by atoms with E-state index in [1.165, 1.54) is 0 Å². The van der Waals surface area contributed by atoms with Crippen LogP contribution in [0.2, 0.25) is 0 Å². The van der Waals surface area contributed by atoms with E-state index in [0.717, 1.165) is 11.4 Å². The lowest BCUT2D eigenvalue weighted by Gasteiger charge is -2.06. The third kappa shape index (κ3) is 2.28. The number of benzene rings is 1. The molecule has 0 fully saturated rings. The van der Waals surface area contributed by atoms with Crippen LogP contribution in [0.15, 0.2) is 30.5 Å². The number of nitrogens with zero attached hydrogens (tertiary/aromatic N) is 2. The first kappa shape index (κ1) is 10.4. The van der Waals surface area contributed by atoms with Gasteiger partial charge in [0.1, 0.15) is 5.75 Å². The van der Waals surface area contributed by atoms with Gasteiger partial charge < -0.3 is 10.5 Å². The van der Waals surface area contributed by atoms with Crippen LogP contribution in [-0.4, -0.2) is 9.97 Å². The summed E-state index contributed by atoms with van der Waals surface area (Å²) < 4.78 is 5.54. The zero-order valence-corrected chi connectivity index (χ0v) is 9.27. The standard InChI is InChI=1S/C12H13N3O/c1-8-9(2)15-12(7-14-8)16-11-5-3-10(13)4-6-11/h3-7H,13H2,1-2H3. The Bertz CT molecular complexity index is 494. The van der Waals surface area contributed by atoms with Gasteiger partial charge in [0, 0.05) is 5.69 Å². The maximum Gasteiger partial charge on any atom is 0.238 e. The summed E-state index contributed by atoms with van der Waals surface area (Å²) >= 11 is 0. The molecular formula is C12H13N3O. The molecule has 0 aliphatic rings. The fraction of sp³-hybridized carbons (Fsp3) is 0.167. The van der Waals surface area contributed by atoms with Crippen LogP contribution >= 0.6 is 0 Å².